The summed E-state index contributed by atoms with van der Waals surface area (Å²) in [6, 6.07) is 0. The van der Waals surface area contributed by atoms with Crippen molar-refractivity contribution in [3.63, 3.8) is 0 Å². The fourth-order valence-corrected chi connectivity index (χ4v) is 1.66. The molecule has 14 heavy (non-hydrogen) atoms. The van der Waals surface area contributed by atoms with Crippen LogP contribution in [-0.4, -0.2) is 12.1 Å². The van der Waals surface area contributed by atoms with E-state index < -0.39 is 0 Å². The number of rotatable bonds is 9. The SMILES string of the molecule is C=CCC(N)(CC=C)CCCCCN. The highest BCUT2D eigenvalue weighted by Crippen LogP contribution is 2.21. The highest BCUT2D eigenvalue weighted by molar-refractivity contribution is 4.95. The van der Waals surface area contributed by atoms with Gasteiger partial charge in [0.2, 0.25) is 0 Å². The van der Waals surface area contributed by atoms with E-state index in [0.717, 1.165) is 38.6 Å². The first-order valence-electron chi connectivity index (χ1n) is 5.39. The van der Waals surface area contributed by atoms with Crippen molar-refractivity contribution >= 4 is 0 Å². The van der Waals surface area contributed by atoms with Crippen LogP contribution in [0.4, 0.5) is 0 Å². The van der Waals surface area contributed by atoms with Crippen LogP contribution in [0.2, 0.25) is 0 Å². The molecular formula is C12H24N2. The lowest BCUT2D eigenvalue weighted by Gasteiger charge is -2.27. The van der Waals surface area contributed by atoms with Gasteiger partial charge in [-0.25, -0.2) is 0 Å². The van der Waals surface area contributed by atoms with E-state index in [1.165, 1.54) is 6.42 Å². The van der Waals surface area contributed by atoms with Crippen LogP contribution < -0.4 is 11.5 Å². The molecule has 0 aromatic rings. The van der Waals surface area contributed by atoms with Crippen molar-refractivity contribution in [3.8, 4) is 0 Å². The highest BCUT2D eigenvalue weighted by atomic mass is 14.7. The average molecular weight is 196 g/mol. The van der Waals surface area contributed by atoms with Crippen LogP contribution >= 0.6 is 0 Å². The van der Waals surface area contributed by atoms with Gasteiger partial charge < -0.3 is 11.5 Å². The molecule has 0 atom stereocenters. The van der Waals surface area contributed by atoms with E-state index in [2.05, 4.69) is 13.2 Å². The van der Waals surface area contributed by atoms with Crippen molar-refractivity contribution in [1.29, 1.82) is 0 Å². The van der Waals surface area contributed by atoms with Gasteiger partial charge in [-0.05, 0) is 32.2 Å². The smallest absolute Gasteiger partial charge is 0.0223 e. The van der Waals surface area contributed by atoms with E-state index in [4.69, 9.17) is 11.5 Å². The van der Waals surface area contributed by atoms with Crippen LogP contribution in [0.1, 0.15) is 38.5 Å². The van der Waals surface area contributed by atoms with Crippen molar-refractivity contribution in [2.45, 2.75) is 44.1 Å². The summed E-state index contributed by atoms with van der Waals surface area (Å²) in [6.45, 7) is 8.25. The largest absolute Gasteiger partial charge is 0.330 e. The molecule has 0 aromatic heterocycles. The molecule has 0 unspecified atom stereocenters. The van der Waals surface area contributed by atoms with Crippen molar-refractivity contribution < 1.29 is 0 Å². The van der Waals surface area contributed by atoms with Crippen LogP contribution in [0.3, 0.4) is 0 Å². The fourth-order valence-electron chi connectivity index (χ4n) is 1.66. The summed E-state index contributed by atoms with van der Waals surface area (Å²) in [6.07, 6.45) is 9.96. The van der Waals surface area contributed by atoms with Crippen LogP contribution in [0.5, 0.6) is 0 Å². The zero-order valence-corrected chi connectivity index (χ0v) is 9.17. The Hall–Kier alpha value is -0.600. The van der Waals surface area contributed by atoms with Gasteiger partial charge in [0, 0.05) is 5.54 Å². The van der Waals surface area contributed by atoms with E-state index >= 15 is 0 Å². The Kier molecular flexibility index (Phi) is 7.44. The number of hydrogen-bond donors (Lipinski definition) is 2. The first-order chi connectivity index (χ1) is 6.68. The molecule has 0 aliphatic carbocycles. The van der Waals surface area contributed by atoms with Crippen molar-refractivity contribution in [2.24, 2.45) is 11.5 Å². The molecule has 2 nitrogen and oxygen atoms in total. The van der Waals surface area contributed by atoms with E-state index in [9.17, 15) is 0 Å². The average Bonchev–Trinajstić information content (AvgIpc) is 2.13. The second kappa shape index (κ2) is 7.77. The first kappa shape index (κ1) is 13.4. The molecule has 0 amide bonds. The van der Waals surface area contributed by atoms with Crippen LogP contribution in [0.25, 0.3) is 0 Å². The third-order valence-corrected chi connectivity index (χ3v) is 2.48. The van der Waals surface area contributed by atoms with Gasteiger partial charge in [-0.2, -0.15) is 0 Å². The molecule has 0 saturated carbocycles. The molecule has 0 spiro atoms. The minimum atomic E-state index is -0.127. The monoisotopic (exact) mass is 196 g/mol. The van der Waals surface area contributed by atoms with Crippen molar-refractivity contribution in [3.05, 3.63) is 25.3 Å². The molecule has 0 rings (SSSR count). The minimum absolute atomic E-state index is 0.127. The second-order valence-electron chi connectivity index (χ2n) is 3.95. The van der Waals surface area contributed by atoms with Gasteiger partial charge in [-0.15, -0.1) is 13.2 Å². The molecule has 0 radical (unpaired) electrons. The van der Waals surface area contributed by atoms with E-state index in [1.54, 1.807) is 0 Å². The van der Waals surface area contributed by atoms with Crippen LogP contribution in [-0.2, 0) is 0 Å². The van der Waals surface area contributed by atoms with Crippen molar-refractivity contribution in [1.82, 2.24) is 0 Å². The summed E-state index contributed by atoms with van der Waals surface area (Å²) in [5.41, 5.74) is 11.5. The van der Waals surface area contributed by atoms with Gasteiger partial charge in [-0.3, -0.25) is 0 Å². The molecule has 0 aromatic carbocycles. The predicted octanol–water partition coefficient (Wildman–Crippen LogP) is 2.36. The van der Waals surface area contributed by atoms with E-state index in [1.807, 2.05) is 12.2 Å². The Labute approximate surface area is 88.1 Å². The normalized spacial score (nSPS) is 11.3. The van der Waals surface area contributed by atoms with Gasteiger partial charge in [0.15, 0.2) is 0 Å². The Morgan fingerprint density at radius 2 is 1.57 bits per heavy atom. The number of hydrogen-bond acceptors (Lipinski definition) is 2. The van der Waals surface area contributed by atoms with Gasteiger partial charge >= 0.3 is 0 Å². The second-order valence-corrected chi connectivity index (χ2v) is 3.95. The topological polar surface area (TPSA) is 52.0 Å². The minimum Gasteiger partial charge on any atom is -0.330 e. The van der Waals surface area contributed by atoms with Gasteiger partial charge in [0.05, 0.1) is 0 Å². The van der Waals surface area contributed by atoms with Crippen LogP contribution in [0.15, 0.2) is 25.3 Å². The maximum Gasteiger partial charge on any atom is 0.0223 e. The summed E-state index contributed by atoms with van der Waals surface area (Å²) in [5, 5.41) is 0. The van der Waals surface area contributed by atoms with Crippen LogP contribution in [0, 0.1) is 0 Å². The van der Waals surface area contributed by atoms with Crippen molar-refractivity contribution in [2.75, 3.05) is 6.54 Å². The summed E-state index contributed by atoms with van der Waals surface area (Å²) < 4.78 is 0. The summed E-state index contributed by atoms with van der Waals surface area (Å²) >= 11 is 0. The lowest BCUT2D eigenvalue weighted by Crippen LogP contribution is -2.38. The fraction of sp³-hybridized carbons (Fsp3) is 0.667. The zero-order chi connectivity index (χ0) is 10.9. The molecule has 0 saturated heterocycles. The first-order valence-corrected chi connectivity index (χ1v) is 5.39. The molecule has 0 aliphatic heterocycles. The number of unbranched alkanes of at least 4 members (excludes halogenated alkanes) is 2. The maximum atomic E-state index is 6.23. The van der Waals surface area contributed by atoms with Gasteiger partial charge in [-0.1, -0.05) is 25.0 Å². The van der Waals surface area contributed by atoms with Gasteiger partial charge in [0.25, 0.3) is 0 Å². The molecule has 0 heterocycles. The quantitative estimate of drug-likeness (QED) is 0.439. The maximum absolute atomic E-state index is 6.23. The van der Waals surface area contributed by atoms with E-state index in [0.29, 0.717) is 0 Å². The zero-order valence-electron chi connectivity index (χ0n) is 9.17. The Balaban J connectivity index is 3.82. The number of nitrogens with two attached hydrogens (primary N) is 2. The Morgan fingerprint density at radius 3 is 2.00 bits per heavy atom. The molecule has 0 fully saturated rings. The van der Waals surface area contributed by atoms with Gasteiger partial charge in [0.1, 0.15) is 0 Å². The summed E-state index contributed by atoms with van der Waals surface area (Å²) in [4.78, 5) is 0. The molecular weight excluding hydrogens is 172 g/mol. The Bertz CT molecular complexity index is 154. The molecule has 4 N–H and O–H groups in total. The summed E-state index contributed by atoms with van der Waals surface area (Å²) in [5.74, 6) is 0. The van der Waals surface area contributed by atoms with E-state index in [-0.39, 0.29) is 5.54 Å². The Morgan fingerprint density at radius 1 is 1.00 bits per heavy atom. The lowest BCUT2D eigenvalue weighted by molar-refractivity contribution is 0.382. The molecule has 0 aliphatic rings. The lowest BCUT2D eigenvalue weighted by atomic mass is 9.86. The standard InChI is InChI=1S/C12H24N2/c1-3-8-12(14,9-4-2)10-6-5-7-11-13/h3-4H,1-2,5-11,13-14H2. The third kappa shape index (κ3) is 5.95. The summed E-state index contributed by atoms with van der Waals surface area (Å²) in [7, 11) is 0. The molecule has 2 heteroatoms. The predicted molar refractivity (Wildman–Crippen MR) is 64.1 cm³/mol. The molecule has 0 bridgehead atoms. The molecule has 82 valence electrons. The third-order valence-electron chi connectivity index (χ3n) is 2.48. The highest BCUT2D eigenvalue weighted by Gasteiger charge is 2.20.